The molecule has 0 aromatic heterocycles. The zero-order chi connectivity index (χ0) is 20.9. The van der Waals surface area contributed by atoms with Crippen molar-refractivity contribution >= 4 is 29.7 Å². The lowest BCUT2D eigenvalue weighted by atomic mass is 9.84. The first-order valence-electron chi connectivity index (χ1n) is 11.4. The third-order valence-electron chi connectivity index (χ3n) is 6.71. The fraction of sp³-hybridized carbons (Fsp3) is 0.583. The van der Waals surface area contributed by atoms with Gasteiger partial charge in [0.05, 0.1) is 4.91 Å². The molecule has 1 aromatic carbocycles. The number of nitrogens with one attached hydrogen (secondary N) is 2. The molecular weight excluding hydrogens is 394 g/mol. The van der Waals surface area contributed by atoms with E-state index >= 15 is 0 Å². The molecule has 0 spiro atoms. The Kier molecular flexibility index (Phi) is 7.16. The molecule has 162 valence electrons. The van der Waals surface area contributed by atoms with Gasteiger partial charge in [0.2, 0.25) is 5.91 Å². The van der Waals surface area contributed by atoms with Gasteiger partial charge in [0.25, 0.3) is 5.91 Å². The van der Waals surface area contributed by atoms with Crippen molar-refractivity contribution in [1.82, 2.24) is 15.5 Å². The molecule has 2 saturated heterocycles. The summed E-state index contributed by atoms with van der Waals surface area (Å²) < 4.78 is 0. The van der Waals surface area contributed by atoms with E-state index in [-0.39, 0.29) is 23.8 Å². The highest BCUT2D eigenvalue weighted by molar-refractivity contribution is 8.04. The van der Waals surface area contributed by atoms with Gasteiger partial charge in [-0.25, -0.2) is 0 Å². The Morgan fingerprint density at radius 3 is 2.87 bits per heavy atom. The molecule has 6 heteroatoms. The number of carbonyl (C=O) groups excluding carboxylic acids is 2. The van der Waals surface area contributed by atoms with Crippen molar-refractivity contribution < 1.29 is 9.59 Å². The van der Waals surface area contributed by atoms with E-state index in [1.807, 2.05) is 36.4 Å². The molecule has 4 atom stereocenters. The molecule has 2 N–H and O–H groups in total. The van der Waals surface area contributed by atoms with E-state index in [4.69, 9.17) is 0 Å². The van der Waals surface area contributed by atoms with Gasteiger partial charge in [-0.05, 0) is 57.2 Å². The Morgan fingerprint density at radius 1 is 1.23 bits per heavy atom. The summed E-state index contributed by atoms with van der Waals surface area (Å²) in [6.45, 7) is 5.09. The van der Waals surface area contributed by atoms with E-state index in [2.05, 4.69) is 22.5 Å². The van der Waals surface area contributed by atoms with E-state index in [1.165, 1.54) is 19.3 Å². The van der Waals surface area contributed by atoms with Crippen LogP contribution in [0.25, 0.3) is 6.08 Å². The van der Waals surface area contributed by atoms with Crippen molar-refractivity contribution in [3.05, 3.63) is 40.8 Å². The molecule has 1 aromatic rings. The normalized spacial score (nSPS) is 31.1. The molecule has 0 radical (unpaired) electrons. The molecule has 2 aliphatic heterocycles. The molecule has 3 aliphatic rings. The summed E-state index contributed by atoms with van der Waals surface area (Å²) in [5.74, 6) is 0.152. The number of thioether (sulfide) groups is 1. The van der Waals surface area contributed by atoms with Gasteiger partial charge in [0.15, 0.2) is 0 Å². The van der Waals surface area contributed by atoms with Gasteiger partial charge in [-0.1, -0.05) is 36.8 Å². The monoisotopic (exact) mass is 427 g/mol. The zero-order valence-electron chi connectivity index (χ0n) is 17.8. The summed E-state index contributed by atoms with van der Waals surface area (Å²) in [6, 6.07) is 10.7. The second-order valence-electron chi connectivity index (χ2n) is 8.84. The lowest BCUT2D eigenvalue weighted by Crippen LogP contribution is -2.52. The Morgan fingerprint density at radius 2 is 2.07 bits per heavy atom. The zero-order valence-corrected chi connectivity index (χ0v) is 18.6. The van der Waals surface area contributed by atoms with Crippen molar-refractivity contribution in [1.29, 1.82) is 0 Å². The van der Waals surface area contributed by atoms with Crippen molar-refractivity contribution in [2.75, 3.05) is 19.6 Å². The minimum atomic E-state index is -0.00903. The van der Waals surface area contributed by atoms with Gasteiger partial charge < -0.3 is 10.6 Å². The number of likely N-dealkylation sites (tertiary alicyclic amines) is 1. The molecule has 4 rings (SSSR count). The van der Waals surface area contributed by atoms with E-state index in [0.29, 0.717) is 11.3 Å². The Bertz CT molecular complexity index is 782. The summed E-state index contributed by atoms with van der Waals surface area (Å²) in [4.78, 5) is 28.6. The van der Waals surface area contributed by atoms with Crippen molar-refractivity contribution in [3.8, 4) is 0 Å². The highest BCUT2D eigenvalue weighted by Crippen LogP contribution is 2.39. The van der Waals surface area contributed by atoms with Crippen LogP contribution in [0.1, 0.15) is 51.0 Å². The number of nitrogens with zero attached hydrogens (tertiary/aromatic N) is 1. The molecule has 3 fully saturated rings. The summed E-state index contributed by atoms with van der Waals surface area (Å²) in [7, 11) is 0. The van der Waals surface area contributed by atoms with Crippen LogP contribution in [0, 0.1) is 5.92 Å². The number of hydrogen-bond acceptors (Lipinski definition) is 4. The largest absolute Gasteiger partial charge is 0.355 e. The molecule has 5 nitrogen and oxygen atoms in total. The minimum absolute atomic E-state index is 0.00517. The maximum absolute atomic E-state index is 12.7. The fourth-order valence-electron chi connectivity index (χ4n) is 4.89. The summed E-state index contributed by atoms with van der Waals surface area (Å²) in [5.41, 5.74) is 1.05. The number of carbonyl (C=O) groups is 2. The van der Waals surface area contributed by atoms with Crippen LogP contribution >= 0.6 is 11.8 Å². The van der Waals surface area contributed by atoms with Crippen LogP contribution in [-0.4, -0.2) is 53.7 Å². The Balaban J connectivity index is 1.26. The van der Waals surface area contributed by atoms with Crippen molar-refractivity contribution in [3.63, 3.8) is 0 Å². The molecule has 4 unspecified atom stereocenters. The van der Waals surface area contributed by atoms with Crippen molar-refractivity contribution in [2.24, 2.45) is 5.92 Å². The molecule has 2 amide bonds. The quantitative estimate of drug-likeness (QED) is 0.707. The molecule has 0 bridgehead atoms. The average Bonchev–Trinajstić information content (AvgIpc) is 2.76. The SMILES string of the molecule is CC1CCCCN1CCNC(=O)C1CCC2S/C(=C\c3ccccc3)C(=O)NC2C1. The summed E-state index contributed by atoms with van der Waals surface area (Å²) in [5, 5.41) is 6.69. The predicted octanol–water partition coefficient (Wildman–Crippen LogP) is 3.42. The van der Waals surface area contributed by atoms with Gasteiger partial charge in [-0.2, -0.15) is 0 Å². The summed E-state index contributed by atoms with van der Waals surface area (Å²) >= 11 is 1.68. The lowest BCUT2D eigenvalue weighted by molar-refractivity contribution is -0.127. The summed E-state index contributed by atoms with van der Waals surface area (Å²) in [6.07, 6.45) is 8.42. The predicted molar refractivity (Wildman–Crippen MR) is 123 cm³/mol. The van der Waals surface area contributed by atoms with Gasteiger partial charge in [-0.15, -0.1) is 11.8 Å². The van der Waals surface area contributed by atoms with Crippen molar-refractivity contribution in [2.45, 2.75) is 62.8 Å². The van der Waals surface area contributed by atoms with Crippen LogP contribution < -0.4 is 10.6 Å². The molecule has 1 aliphatic carbocycles. The van der Waals surface area contributed by atoms with E-state index in [0.717, 1.165) is 49.4 Å². The van der Waals surface area contributed by atoms with E-state index < -0.39 is 0 Å². The van der Waals surface area contributed by atoms with Gasteiger partial charge in [0.1, 0.15) is 0 Å². The number of rotatable bonds is 5. The van der Waals surface area contributed by atoms with Gasteiger partial charge in [-0.3, -0.25) is 14.5 Å². The fourth-order valence-corrected chi connectivity index (χ4v) is 6.18. The van der Waals surface area contributed by atoms with Crippen LogP contribution in [0.15, 0.2) is 35.2 Å². The maximum Gasteiger partial charge on any atom is 0.257 e. The molecule has 2 heterocycles. The Hall–Kier alpha value is -1.79. The van der Waals surface area contributed by atoms with Crippen LogP contribution in [-0.2, 0) is 9.59 Å². The third-order valence-corrected chi connectivity index (χ3v) is 8.14. The van der Waals surface area contributed by atoms with E-state index in [1.54, 1.807) is 11.8 Å². The maximum atomic E-state index is 12.7. The Labute approximate surface area is 184 Å². The number of fused-ring (bicyclic) bond motifs is 1. The van der Waals surface area contributed by atoms with Crippen LogP contribution in [0.3, 0.4) is 0 Å². The smallest absolute Gasteiger partial charge is 0.257 e. The third kappa shape index (κ3) is 5.27. The van der Waals surface area contributed by atoms with Crippen LogP contribution in [0.4, 0.5) is 0 Å². The minimum Gasteiger partial charge on any atom is -0.355 e. The number of amides is 2. The first kappa shape index (κ1) is 21.4. The standard InChI is InChI=1S/C24H33N3O2S/c1-17-7-5-6-13-27(17)14-12-25-23(28)19-10-11-21-20(16-19)26-24(29)22(30-21)15-18-8-3-2-4-9-18/h2-4,8-9,15,17,19-21H,5-7,10-14,16H2,1H3,(H,25,28)(H,26,29)/b22-15-. The molecule has 1 saturated carbocycles. The lowest BCUT2D eigenvalue weighted by Gasteiger charge is -2.39. The number of benzene rings is 1. The average molecular weight is 428 g/mol. The van der Waals surface area contributed by atoms with E-state index in [9.17, 15) is 9.59 Å². The molecular formula is C24H33N3O2S. The second kappa shape index (κ2) is 10.0. The second-order valence-corrected chi connectivity index (χ2v) is 10.1. The topological polar surface area (TPSA) is 61.4 Å². The first-order chi connectivity index (χ1) is 14.6. The number of hydrogen-bond donors (Lipinski definition) is 2. The highest BCUT2D eigenvalue weighted by atomic mass is 32.2. The van der Waals surface area contributed by atoms with Crippen LogP contribution in [0.5, 0.6) is 0 Å². The van der Waals surface area contributed by atoms with Crippen LogP contribution in [0.2, 0.25) is 0 Å². The van der Waals surface area contributed by atoms with Gasteiger partial charge >= 0.3 is 0 Å². The first-order valence-corrected chi connectivity index (χ1v) is 12.2. The highest BCUT2D eigenvalue weighted by Gasteiger charge is 2.39. The number of piperidine rings is 1. The van der Waals surface area contributed by atoms with Gasteiger partial charge in [0, 0.05) is 36.3 Å². The molecule has 30 heavy (non-hydrogen) atoms.